The van der Waals surface area contributed by atoms with E-state index < -0.39 is 20.6 Å². The highest BCUT2D eigenvalue weighted by molar-refractivity contribution is 7.89. The lowest BCUT2D eigenvalue weighted by Gasteiger charge is -2.29. The Labute approximate surface area is 180 Å². The Morgan fingerprint density at radius 3 is 2.55 bits per heavy atom. The Morgan fingerprint density at radius 1 is 1.06 bits per heavy atom. The van der Waals surface area contributed by atoms with E-state index in [4.69, 9.17) is 4.74 Å². The number of amides is 1. The van der Waals surface area contributed by atoms with Crippen LogP contribution in [0.15, 0.2) is 47.4 Å². The van der Waals surface area contributed by atoms with Gasteiger partial charge in [-0.2, -0.15) is 4.31 Å². The van der Waals surface area contributed by atoms with Crippen molar-refractivity contribution in [3.8, 4) is 5.75 Å². The molecule has 0 aromatic heterocycles. The Hall–Kier alpha value is -2.98. The predicted octanol–water partition coefficient (Wildman–Crippen LogP) is 2.74. The molecule has 0 atom stereocenters. The summed E-state index contributed by atoms with van der Waals surface area (Å²) in [4.78, 5) is 25.1. The van der Waals surface area contributed by atoms with Crippen molar-refractivity contribution in [2.24, 2.45) is 0 Å². The summed E-state index contributed by atoms with van der Waals surface area (Å²) in [6.45, 7) is 0.974. The first-order chi connectivity index (χ1) is 14.9. The Bertz CT molecular complexity index is 1110. The molecule has 1 amide bonds. The van der Waals surface area contributed by atoms with Crippen LogP contribution in [0.25, 0.3) is 0 Å². The minimum atomic E-state index is -3.80. The highest BCUT2D eigenvalue weighted by Crippen LogP contribution is 2.32. The smallest absolute Gasteiger partial charge is 0.312 e. The molecule has 2 aliphatic rings. The van der Waals surface area contributed by atoms with Crippen LogP contribution in [0.3, 0.4) is 0 Å². The molecule has 10 heteroatoms. The number of anilines is 1. The number of carbonyl (C=O) groups is 1. The van der Waals surface area contributed by atoms with Crippen molar-refractivity contribution >= 4 is 27.3 Å². The molecule has 0 aliphatic carbocycles. The fourth-order valence-corrected chi connectivity index (χ4v) is 5.55. The fraction of sp³-hybridized carbons (Fsp3) is 0.381. The number of benzene rings is 2. The van der Waals surface area contributed by atoms with Crippen LogP contribution in [0.2, 0.25) is 0 Å². The highest BCUT2D eigenvalue weighted by Gasteiger charge is 2.30. The lowest BCUT2D eigenvalue weighted by molar-refractivity contribution is -0.386. The normalized spacial score (nSPS) is 16.7. The van der Waals surface area contributed by atoms with Crippen molar-refractivity contribution in [2.45, 2.75) is 30.6 Å². The monoisotopic (exact) mass is 445 g/mol. The quantitative estimate of drug-likeness (QED) is 0.499. The molecule has 31 heavy (non-hydrogen) atoms. The molecular formula is C21H23N3O6S. The van der Waals surface area contributed by atoms with Crippen LogP contribution in [0.4, 0.5) is 11.4 Å². The lowest BCUT2D eigenvalue weighted by atomic mass is 10.0. The van der Waals surface area contributed by atoms with E-state index in [0.29, 0.717) is 19.6 Å². The molecule has 0 N–H and O–H groups in total. The van der Waals surface area contributed by atoms with Crippen molar-refractivity contribution < 1.29 is 22.9 Å². The number of hydrogen-bond acceptors (Lipinski definition) is 6. The van der Waals surface area contributed by atoms with E-state index in [-0.39, 0.29) is 23.2 Å². The second kappa shape index (κ2) is 8.64. The summed E-state index contributed by atoms with van der Waals surface area (Å²) in [5.74, 6) is -0.445. The van der Waals surface area contributed by atoms with Crippen molar-refractivity contribution in [1.82, 2.24) is 4.31 Å². The average molecular weight is 445 g/mol. The second-order valence-electron chi connectivity index (χ2n) is 7.56. The molecule has 1 fully saturated rings. The van der Waals surface area contributed by atoms with Gasteiger partial charge in [-0.1, -0.05) is 18.2 Å². The SMILES string of the molecule is O=C(COc1ccc(S(=O)(=O)N2CCCC2)cc1[N+](=O)[O-])N1CCCc2ccccc21. The van der Waals surface area contributed by atoms with E-state index in [0.717, 1.165) is 43.0 Å². The number of nitro groups is 1. The number of aryl methyl sites for hydroxylation is 1. The van der Waals surface area contributed by atoms with E-state index in [1.807, 2.05) is 24.3 Å². The van der Waals surface area contributed by atoms with E-state index >= 15 is 0 Å². The van der Waals surface area contributed by atoms with Gasteiger partial charge in [-0.3, -0.25) is 14.9 Å². The zero-order valence-corrected chi connectivity index (χ0v) is 17.7. The molecule has 164 valence electrons. The summed E-state index contributed by atoms with van der Waals surface area (Å²) in [6, 6.07) is 11.2. The third-order valence-corrected chi connectivity index (χ3v) is 7.49. The van der Waals surface area contributed by atoms with Gasteiger partial charge in [0.15, 0.2) is 12.4 Å². The van der Waals surface area contributed by atoms with Crippen LogP contribution in [-0.2, 0) is 21.2 Å². The van der Waals surface area contributed by atoms with Gasteiger partial charge in [-0.15, -0.1) is 0 Å². The minimum Gasteiger partial charge on any atom is -0.477 e. The summed E-state index contributed by atoms with van der Waals surface area (Å²) < 4.78 is 32.2. The predicted molar refractivity (Wildman–Crippen MR) is 114 cm³/mol. The number of nitrogens with zero attached hydrogens (tertiary/aromatic N) is 3. The third-order valence-electron chi connectivity index (χ3n) is 5.59. The first-order valence-corrected chi connectivity index (χ1v) is 11.6. The molecule has 0 bridgehead atoms. The van der Waals surface area contributed by atoms with Gasteiger partial charge >= 0.3 is 5.69 Å². The summed E-state index contributed by atoms with van der Waals surface area (Å²) in [6.07, 6.45) is 3.25. The standard InChI is InChI=1S/C21H23N3O6S/c25-21(23-13-5-7-16-6-1-2-8-18(16)23)15-30-20-10-9-17(14-19(20)24(26)27)31(28,29)22-11-3-4-12-22/h1-2,6,8-10,14H,3-5,7,11-13,15H2. The van der Waals surface area contributed by atoms with Crippen molar-refractivity contribution in [1.29, 1.82) is 0 Å². The molecular weight excluding hydrogens is 422 g/mol. The molecule has 4 rings (SSSR count). The molecule has 0 spiro atoms. The topological polar surface area (TPSA) is 110 Å². The zero-order chi connectivity index (χ0) is 22.0. The van der Waals surface area contributed by atoms with Gasteiger partial charge in [0.1, 0.15) is 0 Å². The van der Waals surface area contributed by atoms with E-state index in [1.54, 1.807) is 4.90 Å². The molecule has 1 saturated heterocycles. The highest BCUT2D eigenvalue weighted by atomic mass is 32.2. The molecule has 2 heterocycles. The fourth-order valence-electron chi connectivity index (χ4n) is 4.01. The molecule has 2 aliphatic heterocycles. The van der Waals surface area contributed by atoms with E-state index in [1.165, 1.54) is 16.4 Å². The first-order valence-electron chi connectivity index (χ1n) is 10.2. The van der Waals surface area contributed by atoms with Crippen molar-refractivity contribution in [2.75, 3.05) is 31.1 Å². The lowest BCUT2D eigenvalue weighted by Crippen LogP contribution is -2.38. The van der Waals surface area contributed by atoms with Crippen molar-refractivity contribution in [3.05, 3.63) is 58.1 Å². The van der Waals surface area contributed by atoms with Crippen LogP contribution in [0, 0.1) is 10.1 Å². The number of hydrogen-bond donors (Lipinski definition) is 0. The van der Waals surface area contributed by atoms with Crippen LogP contribution in [0.5, 0.6) is 5.75 Å². The molecule has 0 radical (unpaired) electrons. The zero-order valence-electron chi connectivity index (χ0n) is 16.9. The van der Waals surface area contributed by atoms with Crippen LogP contribution in [0.1, 0.15) is 24.8 Å². The maximum absolute atomic E-state index is 12.7. The number of carbonyl (C=O) groups excluding carboxylic acids is 1. The summed E-state index contributed by atoms with van der Waals surface area (Å²) in [5.41, 5.74) is 1.42. The molecule has 0 unspecified atom stereocenters. The van der Waals surface area contributed by atoms with Crippen LogP contribution < -0.4 is 9.64 Å². The Kier molecular flexibility index (Phi) is 5.92. The minimum absolute atomic E-state index is 0.135. The summed E-state index contributed by atoms with van der Waals surface area (Å²) >= 11 is 0. The Balaban J connectivity index is 1.52. The molecule has 2 aromatic rings. The van der Waals surface area contributed by atoms with Crippen LogP contribution in [-0.4, -0.2) is 49.8 Å². The van der Waals surface area contributed by atoms with E-state index in [2.05, 4.69) is 0 Å². The summed E-state index contributed by atoms with van der Waals surface area (Å²) in [5, 5.41) is 11.6. The van der Waals surface area contributed by atoms with Gasteiger partial charge in [-0.25, -0.2) is 8.42 Å². The maximum Gasteiger partial charge on any atom is 0.312 e. The van der Waals surface area contributed by atoms with Gasteiger partial charge in [0.2, 0.25) is 10.0 Å². The number of para-hydroxylation sites is 1. The first kappa shape index (κ1) is 21.3. The van der Waals surface area contributed by atoms with Gasteiger partial charge < -0.3 is 9.64 Å². The van der Waals surface area contributed by atoms with Gasteiger partial charge in [-0.05, 0) is 49.4 Å². The largest absolute Gasteiger partial charge is 0.477 e. The molecule has 9 nitrogen and oxygen atoms in total. The third kappa shape index (κ3) is 4.26. The maximum atomic E-state index is 12.7. The van der Waals surface area contributed by atoms with Crippen molar-refractivity contribution in [3.63, 3.8) is 0 Å². The number of nitro benzene ring substituents is 1. The Morgan fingerprint density at radius 2 is 1.81 bits per heavy atom. The number of rotatable bonds is 6. The summed E-state index contributed by atoms with van der Waals surface area (Å²) in [7, 11) is -3.80. The van der Waals surface area contributed by atoms with Gasteiger partial charge in [0.25, 0.3) is 5.91 Å². The van der Waals surface area contributed by atoms with E-state index in [9.17, 15) is 23.3 Å². The number of ether oxygens (including phenoxy) is 1. The average Bonchev–Trinajstić information content (AvgIpc) is 3.33. The van der Waals surface area contributed by atoms with Crippen LogP contribution >= 0.6 is 0 Å². The molecule has 2 aromatic carbocycles. The van der Waals surface area contributed by atoms with Gasteiger partial charge in [0.05, 0.1) is 9.82 Å². The number of fused-ring (bicyclic) bond motifs is 1. The number of sulfonamides is 1. The van der Waals surface area contributed by atoms with Gasteiger partial charge in [0, 0.05) is 31.4 Å². The second-order valence-corrected chi connectivity index (χ2v) is 9.50. The molecule has 0 saturated carbocycles.